The van der Waals surface area contributed by atoms with Gasteiger partial charge in [-0.2, -0.15) is 0 Å². The van der Waals surface area contributed by atoms with Crippen molar-refractivity contribution in [2.24, 2.45) is 7.05 Å². The van der Waals surface area contributed by atoms with E-state index in [4.69, 9.17) is 9.47 Å². The first kappa shape index (κ1) is 16.0. The number of rotatable bonds is 5. The molecule has 0 aliphatic carbocycles. The van der Waals surface area contributed by atoms with E-state index in [1.165, 1.54) is 0 Å². The second kappa shape index (κ2) is 6.68. The molecule has 0 spiro atoms. The Hall–Kier alpha value is -1.92. The number of ether oxygens (including phenoxy) is 2. The number of hydrogen-bond acceptors (Lipinski definition) is 5. The molecule has 1 atom stereocenters. The van der Waals surface area contributed by atoms with Gasteiger partial charge in [0.2, 0.25) is 0 Å². The van der Waals surface area contributed by atoms with Crippen molar-refractivity contribution in [3.05, 3.63) is 42.5 Å². The van der Waals surface area contributed by atoms with Gasteiger partial charge in [-0.1, -0.05) is 18.2 Å². The van der Waals surface area contributed by atoms with Crippen molar-refractivity contribution in [2.75, 3.05) is 19.7 Å². The monoisotopic (exact) mass is 316 g/mol. The smallest absolute Gasteiger partial charge is 0.146 e. The zero-order chi connectivity index (χ0) is 16.3. The SMILES string of the molecule is Cn1cnnc1CN1C[C@@H](COc2ccccc2)OC(C)(C)C1. The summed E-state index contributed by atoms with van der Waals surface area (Å²) in [4.78, 5) is 2.35. The third kappa shape index (κ3) is 4.30. The molecule has 0 unspecified atom stereocenters. The lowest BCUT2D eigenvalue weighted by molar-refractivity contribution is -0.148. The summed E-state index contributed by atoms with van der Waals surface area (Å²) in [5, 5.41) is 8.12. The van der Waals surface area contributed by atoms with Gasteiger partial charge < -0.3 is 14.0 Å². The van der Waals surface area contributed by atoms with E-state index in [1.807, 2.05) is 41.9 Å². The molecule has 0 amide bonds. The van der Waals surface area contributed by atoms with Crippen LogP contribution in [0.15, 0.2) is 36.7 Å². The van der Waals surface area contributed by atoms with E-state index in [0.717, 1.165) is 31.2 Å². The second-order valence-corrected chi connectivity index (χ2v) is 6.65. The summed E-state index contributed by atoms with van der Waals surface area (Å²) >= 11 is 0. The third-order valence-electron chi connectivity index (χ3n) is 3.90. The highest BCUT2D eigenvalue weighted by molar-refractivity contribution is 5.20. The Labute approximate surface area is 137 Å². The summed E-state index contributed by atoms with van der Waals surface area (Å²) in [6.07, 6.45) is 1.77. The van der Waals surface area contributed by atoms with Gasteiger partial charge in [0, 0.05) is 20.1 Å². The number of aromatic nitrogens is 3. The predicted octanol–water partition coefficient (Wildman–Crippen LogP) is 1.87. The quantitative estimate of drug-likeness (QED) is 0.843. The molecule has 1 aromatic heterocycles. The van der Waals surface area contributed by atoms with Crippen LogP contribution in [-0.4, -0.2) is 51.1 Å². The highest BCUT2D eigenvalue weighted by Crippen LogP contribution is 2.23. The van der Waals surface area contributed by atoms with Crippen molar-refractivity contribution in [2.45, 2.75) is 32.1 Å². The molecule has 1 aliphatic heterocycles. The van der Waals surface area contributed by atoms with Crippen LogP contribution in [-0.2, 0) is 18.3 Å². The van der Waals surface area contributed by atoms with Crippen molar-refractivity contribution < 1.29 is 9.47 Å². The molecular weight excluding hydrogens is 292 g/mol. The van der Waals surface area contributed by atoms with E-state index < -0.39 is 0 Å². The van der Waals surface area contributed by atoms with E-state index >= 15 is 0 Å². The topological polar surface area (TPSA) is 52.4 Å². The summed E-state index contributed by atoms with van der Waals surface area (Å²) < 4.78 is 14.0. The standard InChI is InChI=1S/C17H24N4O2/c1-17(2)12-21(10-16-19-18-13-20(16)3)9-15(23-17)11-22-14-7-5-4-6-8-14/h4-8,13,15H,9-12H2,1-3H3/t15-/m0/s1. The molecule has 6 nitrogen and oxygen atoms in total. The molecule has 3 rings (SSSR count). The maximum atomic E-state index is 6.17. The van der Waals surface area contributed by atoms with Gasteiger partial charge in [-0.3, -0.25) is 4.90 Å². The van der Waals surface area contributed by atoms with Gasteiger partial charge in [0.1, 0.15) is 30.6 Å². The molecule has 0 N–H and O–H groups in total. The Balaban J connectivity index is 1.61. The molecule has 2 heterocycles. The second-order valence-electron chi connectivity index (χ2n) is 6.65. The Kier molecular flexibility index (Phi) is 4.63. The number of para-hydroxylation sites is 1. The number of hydrogen-bond donors (Lipinski definition) is 0. The van der Waals surface area contributed by atoms with Crippen LogP contribution in [0.25, 0.3) is 0 Å². The summed E-state index contributed by atoms with van der Waals surface area (Å²) in [6.45, 7) is 7.23. The Morgan fingerprint density at radius 2 is 2.09 bits per heavy atom. The molecule has 1 aromatic carbocycles. The van der Waals surface area contributed by atoms with Crippen molar-refractivity contribution in [1.82, 2.24) is 19.7 Å². The van der Waals surface area contributed by atoms with Gasteiger partial charge in [-0.25, -0.2) is 0 Å². The molecule has 6 heteroatoms. The lowest BCUT2D eigenvalue weighted by Crippen LogP contribution is -2.54. The fraction of sp³-hybridized carbons (Fsp3) is 0.529. The lowest BCUT2D eigenvalue weighted by atomic mass is 10.1. The van der Waals surface area contributed by atoms with Gasteiger partial charge in [-0.15, -0.1) is 10.2 Å². The van der Waals surface area contributed by atoms with Crippen molar-refractivity contribution >= 4 is 0 Å². The van der Waals surface area contributed by atoms with Crippen LogP contribution in [0.1, 0.15) is 19.7 Å². The van der Waals surface area contributed by atoms with E-state index in [1.54, 1.807) is 6.33 Å². The highest BCUT2D eigenvalue weighted by Gasteiger charge is 2.34. The minimum atomic E-state index is -0.207. The molecule has 23 heavy (non-hydrogen) atoms. The Morgan fingerprint density at radius 1 is 1.30 bits per heavy atom. The molecule has 0 radical (unpaired) electrons. The molecule has 1 aliphatic rings. The van der Waals surface area contributed by atoms with Gasteiger partial charge in [0.05, 0.1) is 12.1 Å². The molecule has 1 saturated heterocycles. The fourth-order valence-electron chi connectivity index (χ4n) is 2.98. The van der Waals surface area contributed by atoms with Crippen LogP contribution in [0.2, 0.25) is 0 Å². The summed E-state index contributed by atoms with van der Waals surface area (Å²) in [6, 6.07) is 9.86. The third-order valence-corrected chi connectivity index (χ3v) is 3.90. The van der Waals surface area contributed by atoms with Crippen LogP contribution in [0, 0.1) is 0 Å². The molecule has 0 saturated carbocycles. The maximum absolute atomic E-state index is 6.17. The number of nitrogens with zero attached hydrogens (tertiary/aromatic N) is 4. The van der Waals surface area contributed by atoms with E-state index in [0.29, 0.717) is 6.61 Å². The normalized spacial score (nSPS) is 21.3. The van der Waals surface area contributed by atoms with Gasteiger partial charge in [0.25, 0.3) is 0 Å². The van der Waals surface area contributed by atoms with Gasteiger partial charge >= 0.3 is 0 Å². The summed E-state index contributed by atoms with van der Waals surface area (Å²) in [7, 11) is 1.97. The average molecular weight is 316 g/mol. The Bertz CT molecular complexity index is 627. The van der Waals surface area contributed by atoms with E-state index in [2.05, 4.69) is 28.9 Å². The van der Waals surface area contributed by atoms with Gasteiger partial charge in [-0.05, 0) is 26.0 Å². The summed E-state index contributed by atoms with van der Waals surface area (Å²) in [5.74, 6) is 1.84. The molecule has 124 valence electrons. The van der Waals surface area contributed by atoms with Crippen molar-refractivity contribution in [3.8, 4) is 5.75 Å². The molecule has 2 aromatic rings. The maximum Gasteiger partial charge on any atom is 0.146 e. The van der Waals surface area contributed by atoms with Gasteiger partial charge in [0.15, 0.2) is 0 Å². The number of morpholine rings is 1. The van der Waals surface area contributed by atoms with E-state index in [-0.39, 0.29) is 11.7 Å². The zero-order valence-corrected chi connectivity index (χ0v) is 14.0. The minimum absolute atomic E-state index is 0.0344. The average Bonchev–Trinajstić information content (AvgIpc) is 2.90. The first-order valence-electron chi connectivity index (χ1n) is 7.93. The summed E-state index contributed by atoms with van der Waals surface area (Å²) in [5.41, 5.74) is -0.207. The first-order chi connectivity index (χ1) is 11.0. The van der Waals surface area contributed by atoms with Crippen molar-refractivity contribution in [1.29, 1.82) is 0 Å². The van der Waals surface area contributed by atoms with Crippen LogP contribution in [0.3, 0.4) is 0 Å². The molecule has 1 fully saturated rings. The zero-order valence-electron chi connectivity index (χ0n) is 14.0. The van der Waals surface area contributed by atoms with Crippen LogP contribution >= 0.6 is 0 Å². The van der Waals surface area contributed by atoms with E-state index in [9.17, 15) is 0 Å². The van der Waals surface area contributed by atoms with Crippen LogP contribution < -0.4 is 4.74 Å². The predicted molar refractivity (Wildman–Crippen MR) is 87.2 cm³/mol. The first-order valence-corrected chi connectivity index (χ1v) is 7.93. The number of aryl methyl sites for hydroxylation is 1. The van der Waals surface area contributed by atoms with Crippen LogP contribution in [0.5, 0.6) is 5.75 Å². The minimum Gasteiger partial charge on any atom is -0.491 e. The van der Waals surface area contributed by atoms with Crippen LogP contribution in [0.4, 0.5) is 0 Å². The lowest BCUT2D eigenvalue weighted by Gasteiger charge is -2.42. The van der Waals surface area contributed by atoms with Crippen molar-refractivity contribution in [3.63, 3.8) is 0 Å². The largest absolute Gasteiger partial charge is 0.491 e. The molecular formula is C17H24N4O2. The molecule has 0 bridgehead atoms. The highest BCUT2D eigenvalue weighted by atomic mass is 16.5. The Morgan fingerprint density at radius 3 is 2.78 bits per heavy atom. The fourth-order valence-corrected chi connectivity index (χ4v) is 2.98. The number of benzene rings is 1.